The molecule has 1 rings (SSSR count). The molecule has 1 aromatic rings. The van der Waals surface area contributed by atoms with Gasteiger partial charge >= 0.3 is 6.18 Å². The lowest BCUT2D eigenvalue weighted by Crippen LogP contribution is -2.22. The zero-order valence-corrected chi connectivity index (χ0v) is 11.8. The molecule has 114 valence electrons. The van der Waals surface area contributed by atoms with E-state index >= 15 is 0 Å². The lowest BCUT2D eigenvalue weighted by molar-refractivity contribution is -0.137. The predicted octanol–water partition coefficient (Wildman–Crippen LogP) is 2.57. The van der Waals surface area contributed by atoms with Crippen LogP contribution < -0.4 is 0 Å². The van der Waals surface area contributed by atoms with E-state index in [0.29, 0.717) is 12.1 Å². The van der Waals surface area contributed by atoms with Crippen molar-refractivity contribution in [2.45, 2.75) is 36.9 Å². The fourth-order valence-electron chi connectivity index (χ4n) is 1.28. The van der Waals surface area contributed by atoms with Crippen molar-refractivity contribution < 1.29 is 30.9 Å². The van der Waals surface area contributed by atoms with Gasteiger partial charge in [-0.15, -0.1) is 0 Å². The first-order valence-electron chi connectivity index (χ1n) is 5.71. The highest BCUT2D eigenvalue weighted by Crippen LogP contribution is 2.30. The molecule has 0 spiro atoms. The van der Waals surface area contributed by atoms with Crippen molar-refractivity contribution >= 4 is 10.1 Å². The Labute approximate surface area is 115 Å². The lowest BCUT2D eigenvalue weighted by Gasteiger charge is -2.16. The van der Waals surface area contributed by atoms with Crippen LogP contribution in [0.5, 0.6) is 0 Å². The first-order valence-corrected chi connectivity index (χ1v) is 7.12. The molecular weight excluding hydrogens is 297 g/mol. The molecule has 0 unspecified atom stereocenters. The summed E-state index contributed by atoms with van der Waals surface area (Å²) in [7, 11) is -4.12. The molecule has 0 heterocycles. The number of halogens is 3. The molecule has 0 atom stereocenters. The second kappa shape index (κ2) is 5.71. The van der Waals surface area contributed by atoms with Crippen LogP contribution in [0.1, 0.15) is 25.8 Å². The monoisotopic (exact) mass is 312 g/mol. The van der Waals surface area contributed by atoms with Crippen LogP contribution in [0.25, 0.3) is 0 Å². The van der Waals surface area contributed by atoms with E-state index in [0.717, 1.165) is 12.1 Å². The normalized spacial score (nSPS) is 13.5. The van der Waals surface area contributed by atoms with Gasteiger partial charge in [0, 0.05) is 6.42 Å². The van der Waals surface area contributed by atoms with Crippen molar-refractivity contribution in [1.29, 1.82) is 0 Å². The summed E-state index contributed by atoms with van der Waals surface area (Å²) in [5, 5.41) is 9.41. The Hall–Kier alpha value is -1.12. The third kappa shape index (κ3) is 5.10. The summed E-state index contributed by atoms with van der Waals surface area (Å²) >= 11 is 0. The second-order valence-electron chi connectivity index (χ2n) is 4.86. The van der Waals surface area contributed by atoms with E-state index in [1.54, 1.807) is 0 Å². The number of rotatable bonds is 5. The van der Waals surface area contributed by atoms with Crippen LogP contribution in [0.3, 0.4) is 0 Å². The molecule has 1 aromatic carbocycles. The number of benzene rings is 1. The average molecular weight is 312 g/mol. The summed E-state index contributed by atoms with van der Waals surface area (Å²) in [6.45, 7) is 2.72. The maximum atomic E-state index is 12.3. The Balaban J connectivity index is 2.78. The van der Waals surface area contributed by atoms with Crippen LogP contribution in [-0.2, 0) is 20.5 Å². The van der Waals surface area contributed by atoms with Gasteiger partial charge in [-0.05, 0) is 38.1 Å². The fourth-order valence-corrected chi connectivity index (χ4v) is 2.19. The van der Waals surface area contributed by atoms with E-state index < -0.39 is 27.5 Å². The van der Waals surface area contributed by atoms with Gasteiger partial charge in [-0.2, -0.15) is 21.6 Å². The van der Waals surface area contributed by atoms with E-state index in [4.69, 9.17) is 0 Å². The van der Waals surface area contributed by atoms with Gasteiger partial charge in [-0.1, -0.05) is 0 Å². The highest BCUT2D eigenvalue weighted by atomic mass is 32.2. The van der Waals surface area contributed by atoms with Gasteiger partial charge < -0.3 is 5.11 Å². The molecule has 0 saturated heterocycles. The van der Waals surface area contributed by atoms with Crippen LogP contribution in [0.2, 0.25) is 0 Å². The molecule has 0 bridgehead atoms. The van der Waals surface area contributed by atoms with Crippen molar-refractivity contribution in [3.8, 4) is 0 Å². The molecule has 0 aliphatic rings. The number of hydrogen-bond acceptors (Lipinski definition) is 4. The summed E-state index contributed by atoms with van der Waals surface area (Å²) in [5.41, 5.74) is -2.02. The van der Waals surface area contributed by atoms with E-state index in [1.807, 2.05) is 0 Å². The van der Waals surface area contributed by atoms with Crippen LogP contribution in [0.4, 0.5) is 13.2 Å². The molecule has 20 heavy (non-hydrogen) atoms. The van der Waals surface area contributed by atoms with Crippen LogP contribution in [-0.4, -0.2) is 25.7 Å². The fraction of sp³-hybridized carbons (Fsp3) is 0.500. The first-order chi connectivity index (χ1) is 8.92. The van der Waals surface area contributed by atoms with E-state index in [9.17, 15) is 26.7 Å². The molecule has 0 aliphatic carbocycles. The molecular formula is C12H15F3O4S. The van der Waals surface area contributed by atoms with Crippen molar-refractivity contribution in [3.05, 3.63) is 29.8 Å². The smallest absolute Gasteiger partial charge is 0.390 e. The SMILES string of the molecule is CC(C)(O)CCOS(=O)(=O)c1ccc(C(F)(F)F)cc1. The van der Waals surface area contributed by atoms with Crippen molar-refractivity contribution in [2.24, 2.45) is 0 Å². The standard InChI is InChI=1S/C12H15F3O4S/c1-11(2,16)7-8-19-20(17,18)10-5-3-9(4-6-10)12(13,14)15/h3-6,16H,7-8H2,1-2H3. The third-order valence-electron chi connectivity index (χ3n) is 2.42. The zero-order valence-electron chi connectivity index (χ0n) is 10.9. The van der Waals surface area contributed by atoms with Crippen LogP contribution >= 0.6 is 0 Å². The minimum absolute atomic E-state index is 0.0763. The maximum absolute atomic E-state index is 12.3. The van der Waals surface area contributed by atoms with Gasteiger partial charge in [-0.3, -0.25) is 4.18 Å². The van der Waals surface area contributed by atoms with Gasteiger partial charge in [0.05, 0.1) is 22.7 Å². The third-order valence-corrected chi connectivity index (χ3v) is 3.75. The number of alkyl halides is 3. The largest absolute Gasteiger partial charge is 0.416 e. The molecule has 0 radical (unpaired) electrons. The molecule has 0 aromatic heterocycles. The Kier molecular flexibility index (Phi) is 4.83. The summed E-state index contributed by atoms with van der Waals surface area (Å²) < 4.78 is 65.1. The van der Waals surface area contributed by atoms with Gasteiger partial charge in [0.25, 0.3) is 10.1 Å². The van der Waals surface area contributed by atoms with Gasteiger partial charge in [0.2, 0.25) is 0 Å². The topological polar surface area (TPSA) is 63.6 Å². The van der Waals surface area contributed by atoms with Gasteiger partial charge in [-0.25, -0.2) is 0 Å². The van der Waals surface area contributed by atoms with Crippen molar-refractivity contribution in [2.75, 3.05) is 6.61 Å². The molecule has 0 fully saturated rings. The molecule has 1 N–H and O–H groups in total. The molecule has 0 aliphatic heterocycles. The lowest BCUT2D eigenvalue weighted by atomic mass is 10.1. The van der Waals surface area contributed by atoms with Gasteiger partial charge in [0.1, 0.15) is 0 Å². The zero-order chi connectivity index (χ0) is 15.6. The van der Waals surface area contributed by atoms with Crippen molar-refractivity contribution in [3.63, 3.8) is 0 Å². The molecule has 8 heteroatoms. The quantitative estimate of drug-likeness (QED) is 0.849. The Morgan fingerprint density at radius 3 is 2.05 bits per heavy atom. The van der Waals surface area contributed by atoms with Gasteiger partial charge in [0.15, 0.2) is 0 Å². The Bertz CT molecular complexity index is 542. The van der Waals surface area contributed by atoms with E-state index in [2.05, 4.69) is 4.18 Å². The predicted molar refractivity (Wildman–Crippen MR) is 65.5 cm³/mol. The summed E-state index contributed by atoms with van der Waals surface area (Å²) in [6.07, 6.45) is -4.45. The summed E-state index contributed by atoms with van der Waals surface area (Å²) in [4.78, 5) is -0.360. The number of hydrogen-bond donors (Lipinski definition) is 1. The second-order valence-corrected chi connectivity index (χ2v) is 6.48. The van der Waals surface area contributed by atoms with E-state index in [1.165, 1.54) is 13.8 Å². The number of aliphatic hydroxyl groups is 1. The summed E-state index contributed by atoms with van der Waals surface area (Å²) in [5.74, 6) is 0. The van der Waals surface area contributed by atoms with Crippen LogP contribution in [0.15, 0.2) is 29.2 Å². The Morgan fingerprint density at radius 1 is 1.15 bits per heavy atom. The molecule has 0 saturated carbocycles. The van der Waals surface area contributed by atoms with Crippen LogP contribution in [0, 0.1) is 0 Å². The van der Waals surface area contributed by atoms with Crippen molar-refractivity contribution in [1.82, 2.24) is 0 Å². The minimum atomic E-state index is -4.52. The van der Waals surface area contributed by atoms with E-state index in [-0.39, 0.29) is 17.9 Å². The maximum Gasteiger partial charge on any atom is 0.416 e. The summed E-state index contributed by atoms with van der Waals surface area (Å²) in [6, 6.07) is 3.02. The average Bonchev–Trinajstić information content (AvgIpc) is 2.26. The highest BCUT2D eigenvalue weighted by Gasteiger charge is 2.30. The Morgan fingerprint density at radius 2 is 1.65 bits per heavy atom. The highest BCUT2D eigenvalue weighted by molar-refractivity contribution is 7.86. The first kappa shape index (κ1) is 16.9. The molecule has 0 amide bonds. The molecule has 4 nitrogen and oxygen atoms in total. The minimum Gasteiger partial charge on any atom is -0.390 e.